The average Bonchev–Trinajstić information content (AvgIpc) is 2.04. The summed E-state index contributed by atoms with van der Waals surface area (Å²) in [4.78, 5) is 0. The summed E-state index contributed by atoms with van der Waals surface area (Å²) < 4.78 is 24.4. The third-order valence-electron chi connectivity index (χ3n) is 1.37. The highest BCUT2D eigenvalue weighted by molar-refractivity contribution is 6.30. The molecule has 0 radical (unpaired) electrons. The van der Waals surface area contributed by atoms with Gasteiger partial charge in [-0.15, -0.1) is 0 Å². The van der Waals surface area contributed by atoms with Crippen molar-refractivity contribution in [2.75, 3.05) is 0 Å². The summed E-state index contributed by atoms with van der Waals surface area (Å²) in [6, 6.07) is 5.46. The van der Waals surface area contributed by atoms with Crippen molar-refractivity contribution < 1.29 is 8.78 Å². The minimum Gasteiger partial charge on any atom is -0.205 e. The Morgan fingerprint density at radius 3 is 2.58 bits per heavy atom. The second kappa shape index (κ2) is 3.51. The van der Waals surface area contributed by atoms with Gasteiger partial charge in [0.05, 0.1) is 11.6 Å². The molecule has 0 aliphatic heterocycles. The maximum Gasteiger partial charge on any atom is 0.265 e. The van der Waals surface area contributed by atoms with Gasteiger partial charge in [-0.3, -0.25) is 0 Å². The van der Waals surface area contributed by atoms with E-state index >= 15 is 0 Å². The Balaban J connectivity index is 3.24. The Morgan fingerprint density at radius 1 is 1.42 bits per heavy atom. The molecule has 0 saturated carbocycles. The van der Waals surface area contributed by atoms with Gasteiger partial charge in [-0.2, -0.15) is 5.26 Å². The van der Waals surface area contributed by atoms with Crippen LogP contribution >= 0.6 is 11.6 Å². The summed E-state index contributed by atoms with van der Waals surface area (Å²) in [5.41, 5.74) is -0.348. The molecule has 0 aromatic heterocycles. The van der Waals surface area contributed by atoms with Gasteiger partial charge in [0.2, 0.25) is 0 Å². The molecule has 0 N–H and O–H groups in total. The molecule has 0 fully saturated rings. The molecule has 0 unspecified atom stereocenters. The maximum absolute atomic E-state index is 12.2. The van der Waals surface area contributed by atoms with Crippen LogP contribution in [0.3, 0.4) is 0 Å². The molecule has 0 aliphatic rings. The largest absolute Gasteiger partial charge is 0.265 e. The molecule has 0 saturated heterocycles. The number of nitrogens with zero attached hydrogens (tertiary/aromatic N) is 1. The number of halogens is 3. The molecule has 62 valence electrons. The smallest absolute Gasteiger partial charge is 0.205 e. The standard InChI is InChI=1S/C8H4ClF2N/c9-6-2-1-5(4-12)7(3-6)8(10)11/h1-3,8H. The minimum absolute atomic E-state index is 0.0330. The lowest BCUT2D eigenvalue weighted by molar-refractivity contribution is 0.151. The summed E-state index contributed by atoms with van der Waals surface area (Å²) in [6.07, 6.45) is -2.65. The Hall–Kier alpha value is -1.14. The molecule has 1 nitrogen and oxygen atoms in total. The van der Waals surface area contributed by atoms with E-state index in [-0.39, 0.29) is 16.1 Å². The summed E-state index contributed by atoms with van der Waals surface area (Å²) in [6.45, 7) is 0. The zero-order valence-electron chi connectivity index (χ0n) is 5.89. The van der Waals surface area contributed by atoms with Crippen LogP contribution in [-0.2, 0) is 0 Å². The summed E-state index contributed by atoms with van der Waals surface area (Å²) in [7, 11) is 0. The van der Waals surface area contributed by atoms with Crippen molar-refractivity contribution in [3.8, 4) is 6.07 Å². The molecular weight excluding hydrogens is 184 g/mol. The molecule has 4 heteroatoms. The lowest BCUT2D eigenvalue weighted by Gasteiger charge is -2.01. The summed E-state index contributed by atoms with van der Waals surface area (Å²) in [5, 5.41) is 8.64. The fourth-order valence-electron chi connectivity index (χ4n) is 0.816. The molecule has 0 spiro atoms. The number of benzene rings is 1. The molecule has 1 aromatic rings. The predicted molar refractivity (Wildman–Crippen MR) is 41.1 cm³/mol. The van der Waals surface area contributed by atoms with Gasteiger partial charge in [-0.1, -0.05) is 11.6 Å². The fourth-order valence-corrected chi connectivity index (χ4v) is 0.996. The number of hydrogen-bond acceptors (Lipinski definition) is 1. The highest BCUT2D eigenvalue weighted by Gasteiger charge is 2.12. The first-order chi connectivity index (χ1) is 5.65. The molecule has 1 rings (SSSR count). The van der Waals surface area contributed by atoms with Crippen molar-refractivity contribution in [2.24, 2.45) is 0 Å². The molecule has 12 heavy (non-hydrogen) atoms. The highest BCUT2D eigenvalue weighted by atomic mass is 35.5. The normalized spacial score (nSPS) is 9.92. The second-order valence-electron chi connectivity index (χ2n) is 2.14. The van der Waals surface area contributed by atoms with Crippen LogP contribution in [0.1, 0.15) is 17.6 Å². The van der Waals surface area contributed by atoms with Crippen LogP contribution < -0.4 is 0 Å². The average molecular weight is 188 g/mol. The topological polar surface area (TPSA) is 23.8 Å². The van der Waals surface area contributed by atoms with Crippen LogP contribution in [0.15, 0.2) is 18.2 Å². The summed E-state index contributed by atoms with van der Waals surface area (Å²) >= 11 is 5.48. The van der Waals surface area contributed by atoms with E-state index in [4.69, 9.17) is 16.9 Å². The molecule has 1 aromatic carbocycles. The van der Waals surface area contributed by atoms with E-state index < -0.39 is 6.43 Å². The monoisotopic (exact) mass is 187 g/mol. The second-order valence-corrected chi connectivity index (χ2v) is 2.58. The van der Waals surface area contributed by atoms with Crippen LogP contribution in [0, 0.1) is 11.3 Å². The van der Waals surface area contributed by atoms with Crippen molar-refractivity contribution >= 4 is 11.6 Å². The first-order valence-corrected chi connectivity index (χ1v) is 3.50. The third kappa shape index (κ3) is 1.72. The van der Waals surface area contributed by atoms with Gasteiger partial charge in [0.15, 0.2) is 0 Å². The van der Waals surface area contributed by atoms with Crippen LogP contribution in [-0.4, -0.2) is 0 Å². The zero-order valence-corrected chi connectivity index (χ0v) is 6.65. The molecular formula is C8H4ClF2N. The molecule has 0 heterocycles. The van der Waals surface area contributed by atoms with Crippen LogP contribution in [0.25, 0.3) is 0 Å². The minimum atomic E-state index is -2.65. The van der Waals surface area contributed by atoms with Crippen LogP contribution in [0.2, 0.25) is 5.02 Å². The van der Waals surface area contributed by atoms with E-state index in [2.05, 4.69) is 0 Å². The zero-order chi connectivity index (χ0) is 9.14. The lowest BCUT2D eigenvalue weighted by atomic mass is 10.1. The van der Waals surface area contributed by atoms with Gasteiger partial charge in [0.1, 0.15) is 0 Å². The van der Waals surface area contributed by atoms with Crippen LogP contribution in [0.4, 0.5) is 8.78 Å². The van der Waals surface area contributed by atoms with Crippen LogP contribution in [0.5, 0.6) is 0 Å². The molecule has 0 bridgehead atoms. The number of nitriles is 1. The SMILES string of the molecule is N#Cc1ccc(Cl)cc1C(F)F. The van der Waals surface area contributed by atoms with E-state index in [1.165, 1.54) is 12.1 Å². The first kappa shape index (κ1) is 8.95. The van der Waals surface area contributed by atoms with Gasteiger partial charge in [0.25, 0.3) is 6.43 Å². The van der Waals surface area contributed by atoms with Gasteiger partial charge in [-0.25, -0.2) is 8.78 Å². The number of rotatable bonds is 1. The Kier molecular flexibility index (Phi) is 2.61. The molecule has 0 atom stereocenters. The van der Waals surface area contributed by atoms with E-state index in [0.29, 0.717) is 0 Å². The fraction of sp³-hybridized carbons (Fsp3) is 0.125. The van der Waals surface area contributed by atoms with Crippen molar-refractivity contribution in [2.45, 2.75) is 6.43 Å². The lowest BCUT2D eigenvalue weighted by Crippen LogP contribution is -1.89. The summed E-state index contributed by atoms with van der Waals surface area (Å²) in [5.74, 6) is 0. The van der Waals surface area contributed by atoms with Crippen molar-refractivity contribution in [1.29, 1.82) is 5.26 Å². The van der Waals surface area contributed by atoms with Crippen molar-refractivity contribution in [3.05, 3.63) is 34.3 Å². The quantitative estimate of drug-likeness (QED) is 0.663. The highest BCUT2D eigenvalue weighted by Crippen LogP contribution is 2.25. The Bertz CT molecular complexity index is 330. The van der Waals surface area contributed by atoms with E-state index in [9.17, 15) is 8.78 Å². The third-order valence-corrected chi connectivity index (χ3v) is 1.60. The van der Waals surface area contributed by atoms with Crippen molar-refractivity contribution in [3.63, 3.8) is 0 Å². The Morgan fingerprint density at radius 2 is 2.08 bits per heavy atom. The molecule has 0 amide bonds. The number of hydrogen-bond donors (Lipinski definition) is 0. The maximum atomic E-state index is 12.2. The van der Waals surface area contributed by atoms with Gasteiger partial charge >= 0.3 is 0 Å². The van der Waals surface area contributed by atoms with Gasteiger partial charge in [-0.05, 0) is 18.2 Å². The first-order valence-electron chi connectivity index (χ1n) is 3.13. The predicted octanol–water partition coefficient (Wildman–Crippen LogP) is 3.15. The van der Waals surface area contributed by atoms with E-state index in [0.717, 1.165) is 6.07 Å². The van der Waals surface area contributed by atoms with Crippen molar-refractivity contribution in [1.82, 2.24) is 0 Å². The molecule has 0 aliphatic carbocycles. The Labute approximate surface area is 73.2 Å². The van der Waals surface area contributed by atoms with E-state index in [1.54, 1.807) is 6.07 Å². The number of alkyl halides is 2. The van der Waals surface area contributed by atoms with Gasteiger partial charge < -0.3 is 0 Å². The van der Waals surface area contributed by atoms with E-state index in [1.807, 2.05) is 0 Å². The van der Waals surface area contributed by atoms with Gasteiger partial charge in [0, 0.05) is 10.6 Å².